The molecule has 0 spiro atoms. The third-order valence-corrected chi connectivity index (χ3v) is 3.53. The molecule has 0 bridgehead atoms. The predicted molar refractivity (Wildman–Crippen MR) is 74.1 cm³/mol. The van der Waals surface area contributed by atoms with Crippen molar-refractivity contribution >= 4 is 34.2 Å². The van der Waals surface area contributed by atoms with E-state index in [1.54, 1.807) is 24.3 Å². The lowest BCUT2D eigenvalue weighted by Crippen LogP contribution is -2.16. The van der Waals surface area contributed by atoms with Crippen LogP contribution in [-0.4, -0.2) is 21.8 Å². The van der Waals surface area contributed by atoms with E-state index in [2.05, 4.69) is 14.7 Å². The SMILES string of the molecule is NC(=O)Oc1nc2ccc(C(=O)c3cccs3)cc2[nH]1. The number of ether oxygens (including phenoxy) is 1. The summed E-state index contributed by atoms with van der Waals surface area (Å²) in [5.41, 5.74) is 6.64. The van der Waals surface area contributed by atoms with Crippen LogP contribution in [0.1, 0.15) is 15.2 Å². The van der Waals surface area contributed by atoms with Crippen LogP contribution in [0, 0.1) is 0 Å². The van der Waals surface area contributed by atoms with Gasteiger partial charge >= 0.3 is 12.1 Å². The summed E-state index contributed by atoms with van der Waals surface area (Å²) >= 11 is 1.38. The minimum Gasteiger partial charge on any atom is -0.376 e. The molecule has 1 aromatic carbocycles. The van der Waals surface area contributed by atoms with Crippen LogP contribution in [0.2, 0.25) is 0 Å². The lowest BCUT2D eigenvalue weighted by molar-refractivity contribution is 0.104. The smallest absolute Gasteiger partial charge is 0.376 e. The summed E-state index contributed by atoms with van der Waals surface area (Å²) in [4.78, 5) is 30.3. The summed E-state index contributed by atoms with van der Waals surface area (Å²) in [6, 6.07) is 8.63. The normalized spacial score (nSPS) is 10.6. The van der Waals surface area contributed by atoms with E-state index < -0.39 is 6.09 Å². The van der Waals surface area contributed by atoms with E-state index in [0.29, 0.717) is 21.5 Å². The van der Waals surface area contributed by atoms with Gasteiger partial charge in [-0.1, -0.05) is 6.07 Å². The molecule has 0 radical (unpaired) electrons. The molecule has 2 heterocycles. The Labute approximate surface area is 117 Å². The second-order valence-electron chi connectivity index (χ2n) is 4.00. The number of primary amides is 1. The number of hydrogen-bond donors (Lipinski definition) is 2. The Balaban J connectivity index is 1.98. The molecule has 1 amide bonds. The molecule has 0 fully saturated rings. The monoisotopic (exact) mass is 287 g/mol. The Morgan fingerprint density at radius 2 is 2.15 bits per heavy atom. The first kappa shape index (κ1) is 12.4. The van der Waals surface area contributed by atoms with Crippen LogP contribution in [0.25, 0.3) is 11.0 Å². The molecular weight excluding hydrogens is 278 g/mol. The van der Waals surface area contributed by atoms with Gasteiger partial charge in [0.25, 0.3) is 0 Å². The van der Waals surface area contributed by atoms with E-state index in [9.17, 15) is 9.59 Å². The van der Waals surface area contributed by atoms with E-state index in [-0.39, 0.29) is 11.8 Å². The van der Waals surface area contributed by atoms with E-state index >= 15 is 0 Å². The second kappa shape index (κ2) is 4.78. The molecule has 3 N–H and O–H groups in total. The van der Waals surface area contributed by atoms with Crippen LogP contribution >= 0.6 is 11.3 Å². The Morgan fingerprint density at radius 1 is 1.30 bits per heavy atom. The highest BCUT2D eigenvalue weighted by Crippen LogP contribution is 2.21. The van der Waals surface area contributed by atoms with Gasteiger partial charge in [0.2, 0.25) is 5.78 Å². The summed E-state index contributed by atoms with van der Waals surface area (Å²) in [6.45, 7) is 0. The number of benzene rings is 1. The van der Waals surface area contributed by atoms with Crippen molar-refractivity contribution in [2.24, 2.45) is 5.73 Å². The van der Waals surface area contributed by atoms with E-state index in [4.69, 9.17) is 5.73 Å². The zero-order valence-corrected chi connectivity index (χ0v) is 10.9. The molecule has 2 aromatic heterocycles. The maximum Gasteiger partial charge on any atom is 0.412 e. The molecule has 0 aliphatic heterocycles. The predicted octanol–water partition coefficient (Wildman–Crippen LogP) is 2.31. The van der Waals surface area contributed by atoms with Crippen molar-refractivity contribution in [2.45, 2.75) is 0 Å². The first-order chi connectivity index (χ1) is 9.63. The van der Waals surface area contributed by atoms with Crippen LogP contribution in [-0.2, 0) is 0 Å². The topological polar surface area (TPSA) is 98.1 Å². The summed E-state index contributed by atoms with van der Waals surface area (Å²) < 4.78 is 4.66. The molecule has 0 saturated carbocycles. The number of imidazole rings is 1. The van der Waals surface area contributed by atoms with Gasteiger partial charge in [-0.3, -0.25) is 4.79 Å². The minimum absolute atomic E-state index is 0.00761. The fourth-order valence-corrected chi connectivity index (χ4v) is 2.51. The molecule has 6 nitrogen and oxygen atoms in total. The highest BCUT2D eigenvalue weighted by Gasteiger charge is 2.13. The number of nitrogens with zero attached hydrogens (tertiary/aromatic N) is 1. The Hall–Kier alpha value is -2.67. The van der Waals surface area contributed by atoms with Gasteiger partial charge < -0.3 is 15.5 Å². The van der Waals surface area contributed by atoms with E-state index in [1.807, 2.05) is 11.4 Å². The maximum atomic E-state index is 12.2. The van der Waals surface area contributed by atoms with Crippen molar-refractivity contribution in [1.29, 1.82) is 0 Å². The van der Waals surface area contributed by atoms with E-state index in [1.165, 1.54) is 11.3 Å². The van der Waals surface area contributed by atoms with Crippen molar-refractivity contribution in [3.63, 3.8) is 0 Å². The van der Waals surface area contributed by atoms with Gasteiger partial charge in [0.05, 0.1) is 15.9 Å². The molecule has 7 heteroatoms. The van der Waals surface area contributed by atoms with Crippen LogP contribution in [0.5, 0.6) is 6.01 Å². The van der Waals surface area contributed by atoms with Gasteiger partial charge in [-0.05, 0) is 29.6 Å². The number of nitrogens with two attached hydrogens (primary N) is 1. The summed E-state index contributed by atoms with van der Waals surface area (Å²) in [5, 5.41) is 1.85. The fraction of sp³-hybridized carbons (Fsp3) is 0. The number of aromatic amines is 1. The number of rotatable bonds is 3. The molecule has 3 rings (SSSR count). The number of nitrogens with one attached hydrogen (secondary N) is 1. The van der Waals surface area contributed by atoms with Crippen LogP contribution < -0.4 is 10.5 Å². The number of fused-ring (bicyclic) bond motifs is 1. The van der Waals surface area contributed by atoms with Crippen molar-refractivity contribution in [1.82, 2.24) is 9.97 Å². The molecule has 3 aromatic rings. The Morgan fingerprint density at radius 3 is 2.85 bits per heavy atom. The second-order valence-corrected chi connectivity index (χ2v) is 4.95. The number of hydrogen-bond acceptors (Lipinski definition) is 5. The van der Waals surface area contributed by atoms with E-state index in [0.717, 1.165) is 0 Å². The lowest BCUT2D eigenvalue weighted by atomic mass is 10.1. The number of thiophene rings is 1. The van der Waals surface area contributed by atoms with Gasteiger partial charge in [0.15, 0.2) is 0 Å². The average Bonchev–Trinajstić information content (AvgIpc) is 3.04. The van der Waals surface area contributed by atoms with Crippen molar-refractivity contribution < 1.29 is 14.3 Å². The third-order valence-electron chi connectivity index (χ3n) is 2.66. The lowest BCUT2D eigenvalue weighted by Gasteiger charge is -1.97. The van der Waals surface area contributed by atoms with Crippen LogP contribution in [0.3, 0.4) is 0 Å². The van der Waals surface area contributed by atoms with Crippen LogP contribution in [0.4, 0.5) is 4.79 Å². The molecule has 0 saturated heterocycles. The molecule has 0 aliphatic rings. The summed E-state index contributed by atoms with van der Waals surface area (Å²) in [5.74, 6) is -0.0612. The molecule has 0 aliphatic carbocycles. The zero-order valence-electron chi connectivity index (χ0n) is 10.1. The summed E-state index contributed by atoms with van der Waals surface area (Å²) in [6.07, 6.45) is -0.945. The first-order valence-electron chi connectivity index (χ1n) is 5.69. The minimum atomic E-state index is -0.945. The molecule has 0 unspecified atom stereocenters. The average molecular weight is 287 g/mol. The third kappa shape index (κ3) is 2.26. The highest BCUT2D eigenvalue weighted by atomic mass is 32.1. The van der Waals surface area contributed by atoms with Gasteiger partial charge in [0, 0.05) is 5.56 Å². The summed E-state index contributed by atoms with van der Waals surface area (Å²) in [7, 11) is 0. The first-order valence-corrected chi connectivity index (χ1v) is 6.57. The highest BCUT2D eigenvalue weighted by molar-refractivity contribution is 7.12. The zero-order chi connectivity index (χ0) is 14.1. The molecule has 100 valence electrons. The number of H-pyrrole nitrogens is 1. The van der Waals surface area contributed by atoms with Crippen molar-refractivity contribution in [3.05, 3.63) is 46.2 Å². The molecular formula is C13H9N3O3S. The number of amides is 1. The van der Waals surface area contributed by atoms with Gasteiger partial charge in [0.1, 0.15) is 0 Å². The Kier molecular flexibility index (Phi) is 2.96. The largest absolute Gasteiger partial charge is 0.412 e. The van der Waals surface area contributed by atoms with Crippen molar-refractivity contribution in [3.8, 4) is 6.01 Å². The standard InChI is InChI=1S/C13H9N3O3S/c14-12(18)19-13-15-8-4-3-7(6-9(8)16-13)11(17)10-2-1-5-20-10/h1-6H,(H2,14,18)(H,15,16). The number of carbonyl (C=O) groups excluding carboxylic acids is 2. The number of carbonyl (C=O) groups is 2. The van der Waals surface area contributed by atoms with Gasteiger partial charge in [-0.2, -0.15) is 4.98 Å². The van der Waals surface area contributed by atoms with Crippen LogP contribution in [0.15, 0.2) is 35.7 Å². The molecule has 20 heavy (non-hydrogen) atoms. The van der Waals surface area contributed by atoms with Gasteiger partial charge in [-0.25, -0.2) is 4.79 Å². The van der Waals surface area contributed by atoms with Crippen molar-refractivity contribution in [2.75, 3.05) is 0 Å². The Bertz CT molecular complexity index is 792. The van der Waals surface area contributed by atoms with Gasteiger partial charge in [-0.15, -0.1) is 11.3 Å². The number of ketones is 1. The number of aromatic nitrogens is 2. The maximum absolute atomic E-state index is 12.2. The molecule has 0 atom stereocenters. The fourth-order valence-electron chi connectivity index (χ4n) is 1.82. The quantitative estimate of drug-likeness (QED) is 0.722.